The van der Waals surface area contributed by atoms with E-state index in [1.165, 1.54) is 10.6 Å². The van der Waals surface area contributed by atoms with Gasteiger partial charge in [-0.1, -0.05) is 48.7 Å². The maximum absolute atomic E-state index is 13.3. The molecule has 1 heterocycles. The van der Waals surface area contributed by atoms with E-state index in [9.17, 15) is 9.59 Å². The van der Waals surface area contributed by atoms with Crippen molar-refractivity contribution in [3.05, 3.63) is 86.6 Å². The van der Waals surface area contributed by atoms with E-state index in [1.54, 1.807) is 16.7 Å². The van der Waals surface area contributed by atoms with Crippen LogP contribution in [0.3, 0.4) is 0 Å². The first-order valence-electron chi connectivity index (χ1n) is 9.28. The van der Waals surface area contributed by atoms with Crippen molar-refractivity contribution < 1.29 is 0 Å². The Hall–Kier alpha value is -3.08. The fraction of sp³-hybridized carbons (Fsp3) is 0.273. The lowest BCUT2D eigenvalue weighted by atomic mass is 10.2. The Balaban J connectivity index is 2.21. The van der Waals surface area contributed by atoms with Gasteiger partial charge in [-0.15, -0.1) is 0 Å². The molecule has 2 aromatic carbocycles. The van der Waals surface area contributed by atoms with Crippen LogP contribution in [0.25, 0.3) is 11.4 Å². The number of nitrogens with one attached hydrogen (secondary N) is 1. The number of nitrogens with zero attached hydrogens (tertiary/aromatic N) is 2. The summed E-state index contributed by atoms with van der Waals surface area (Å²) in [6, 6.07) is 16.6. The van der Waals surface area contributed by atoms with Gasteiger partial charge in [0.2, 0.25) is 0 Å². The van der Waals surface area contributed by atoms with Gasteiger partial charge in [0.05, 0.1) is 11.4 Å². The maximum atomic E-state index is 13.3. The van der Waals surface area contributed by atoms with E-state index < -0.39 is 0 Å². The minimum absolute atomic E-state index is 0.341. The average molecular weight is 363 g/mol. The second-order valence-corrected chi connectivity index (χ2v) is 6.77. The lowest BCUT2D eigenvalue weighted by molar-refractivity contribution is 0.783. The summed E-state index contributed by atoms with van der Waals surface area (Å²) >= 11 is 0. The molecule has 1 N–H and O–H groups in total. The van der Waals surface area contributed by atoms with Crippen molar-refractivity contribution in [3.8, 4) is 11.4 Å². The molecule has 5 nitrogen and oxygen atoms in total. The number of unbranched alkanes of at least 4 members (excludes halogenated alkanes) is 1. The normalized spacial score (nSPS) is 10.8. The van der Waals surface area contributed by atoms with Crippen LogP contribution in [-0.2, 0) is 0 Å². The highest BCUT2D eigenvalue weighted by molar-refractivity contribution is 5.47. The molecule has 1 aromatic heterocycles. The van der Waals surface area contributed by atoms with Crippen LogP contribution in [0, 0.1) is 13.8 Å². The molecule has 0 spiro atoms. The molecule has 0 atom stereocenters. The van der Waals surface area contributed by atoms with Crippen LogP contribution in [0.5, 0.6) is 0 Å². The highest BCUT2D eigenvalue weighted by Gasteiger charge is 2.14. The Kier molecular flexibility index (Phi) is 5.60. The monoisotopic (exact) mass is 363 g/mol. The van der Waals surface area contributed by atoms with Gasteiger partial charge in [0.15, 0.2) is 0 Å². The van der Waals surface area contributed by atoms with E-state index in [4.69, 9.17) is 0 Å². The zero-order valence-electron chi connectivity index (χ0n) is 16.0. The summed E-state index contributed by atoms with van der Waals surface area (Å²) in [5.41, 5.74) is 2.75. The van der Waals surface area contributed by atoms with Crippen molar-refractivity contribution in [2.45, 2.75) is 33.6 Å². The lowest BCUT2D eigenvalue weighted by Crippen LogP contribution is -2.39. The van der Waals surface area contributed by atoms with Crippen LogP contribution < -0.4 is 16.6 Å². The third kappa shape index (κ3) is 4.03. The van der Waals surface area contributed by atoms with Gasteiger partial charge in [-0.05, 0) is 44.5 Å². The van der Waals surface area contributed by atoms with Crippen LogP contribution in [-0.4, -0.2) is 15.7 Å². The first-order chi connectivity index (χ1) is 13.0. The van der Waals surface area contributed by atoms with Crippen molar-refractivity contribution >= 4 is 5.82 Å². The van der Waals surface area contributed by atoms with Gasteiger partial charge in [0.25, 0.3) is 5.56 Å². The van der Waals surface area contributed by atoms with Crippen molar-refractivity contribution in [3.63, 3.8) is 0 Å². The number of hydrogen-bond acceptors (Lipinski definition) is 3. The second-order valence-electron chi connectivity index (χ2n) is 6.77. The highest BCUT2D eigenvalue weighted by Crippen LogP contribution is 2.14. The van der Waals surface area contributed by atoms with Gasteiger partial charge >= 0.3 is 5.69 Å². The Labute approximate surface area is 158 Å². The molecular formula is C22H25N3O2. The zero-order chi connectivity index (χ0) is 19.4. The number of benzene rings is 2. The number of hydrogen-bond donors (Lipinski definition) is 1. The molecule has 5 heteroatoms. The van der Waals surface area contributed by atoms with Crippen molar-refractivity contribution in [2.75, 3.05) is 11.9 Å². The third-order valence-electron chi connectivity index (χ3n) is 4.52. The molecule has 0 aliphatic rings. The summed E-state index contributed by atoms with van der Waals surface area (Å²) in [5, 5.41) is 3.25. The predicted octanol–water partition coefficient (Wildman–Crippen LogP) is 3.82. The van der Waals surface area contributed by atoms with Crippen LogP contribution in [0.2, 0.25) is 0 Å². The minimum Gasteiger partial charge on any atom is -0.371 e. The van der Waals surface area contributed by atoms with E-state index in [0.29, 0.717) is 18.1 Å². The third-order valence-corrected chi connectivity index (χ3v) is 4.52. The van der Waals surface area contributed by atoms with E-state index in [2.05, 4.69) is 12.2 Å². The molecule has 0 radical (unpaired) electrons. The summed E-state index contributed by atoms with van der Waals surface area (Å²) in [4.78, 5) is 26.0. The van der Waals surface area contributed by atoms with Crippen LogP contribution >= 0.6 is 0 Å². The quantitative estimate of drug-likeness (QED) is 0.678. The number of aryl methyl sites for hydroxylation is 2. The fourth-order valence-electron chi connectivity index (χ4n) is 2.94. The van der Waals surface area contributed by atoms with E-state index in [0.717, 1.165) is 29.7 Å². The number of anilines is 1. The summed E-state index contributed by atoms with van der Waals surface area (Å²) in [5.74, 6) is 0.519. The molecule has 0 fully saturated rings. The van der Waals surface area contributed by atoms with Gasteiger partial charge in [0.1, 0.15) is 5.82 Å². The SMILES string of the molecule is CCCCNc1cc(=O)n(-c2ccc(C)cc2)c(=O)n1-c1ccc(C)cc1. The summed E-state index contributed by atoms with van der Waals surface area (Å²) < 4.78 is 2.78. The van der Waals surface area contributed by atoms with Gasteiger partial charge in [-0.2, -0.15) is 0 Å². The summed E-state index contributed by atoms with van der Waals surface area (Å²) in [6.45, 7) is 6.78. The Bertz CT molecular complexity index is 1030. The van der Waals surface area contributed by atoms with Gasteiger partial charge in [-0.3, -0.25) is 4.79 Å². The summed E-state index contributed by atoms with van der Waals surface area (Å²) in [7, 11) is 0. The molecule has 27 heavy (non-hydrogen) atoms. The molecule has 0 bridgehead atoms. The second kappa shape index (κ2) is 8.08. The molecule has 0 amide bonds. The number of rotatable bonds is 6. The van der Waals surface area contributed by atoms with Crippen molar-refractivity contribution in [1.82, 2.24) is 9.13 Å². The van der Waals surface area contributed by atoms with Crippen LogP contribution in [0.4, 0.5) is 5.82 Å². The van der Waals surface area contributed by atoms with Gasteiger partial charge in [-0.25, -0.2) is 13.9 Å². The first-order valence-corrected chi connectivity index (χ1v) is 9.28. The Morgan fingerprint density at radius 1 is 0.815 bits per heavy atom. The molecule has 3 rings (SSSR count). The minimum atomic E-state index is -0.380. The van der Waals surface area contributed by atoms with Gasteiger partial charge < -0.3 is 5.32 Å². The largest absolute Gasteiger partial charge is 0.371 e. The fourth-order valence-corrected chi connectivity index (χ4v) is 2.94. The molecule has 140 valence electrons. The Morgan fingerprint density at radius 2 is 1.33 bits per heavy atom. The van der Waals surface area contributed by atoms with Crippen LogP contribution in [0.1, 0.15) is 30.9 Å². The average Bonchev–Trinajstić information content (AvgIpc) is 2.64. The molecule has 0 saturated heterocycles. The van der Waals surface area contributed by atoms with Crippen LogP contribution in [0.15, 0.2) is 64.2 Å². The van der Waals surface area contributed by atoms with Crippen molar-refractivity contribution in [1.29, 1.82) is 0 Å². The molecule has 0 aliphatic carbocycles. The first kappa shape index (κ1) is 18.7. The molecule has 0 saturated carbocycles. The topological polar surface area (TPSA) is 56.0 Å². The predicted molar refractivity (Wildman–Crippen MR) is 111 cm³/mol. The molecule has 0 aliphatic heterocycles. The molecule has 0 unspecified atom stereocenters. The van der Waals surface area contributed by atoms with E-state index in [-0.39, 0.29) is 11.2 Å². The smallest absolute Gasteiger partial charge is 0.341 e. The van der Waals surface area contributed by atoms with Gasteiger partial charge in [0, 0.05) is 12.6 Å². The molecular weight excluding hydrogens is 338 g/mol. The van der Waals surface area contributed by atoms with E-state index >= 15 is 0 Å². The summed E-state index contributed by atoms with van der Waals surface area (Å²) in [6.07, 6.45) is 1.99. The zero-order valence-corrected chi connectivity index (χ0v) is 16.0. The lowest BCUT2D eigenvalue weighted by Gasteiger charge is -2.17. The number of aromatic nitrogens is 2. The highest BCUT2D eigenvalue weighted by atomic mass is 16.2. The maximum Gasteiger partial charge on any atom is 0.341 e. The van der Waals surface area contributed by atoms with E-state index in [1.807, 2.05) is 50.2 Å². The Morgan fingerprint density at radius 3 is 1.85 bits per heavy atom. The van der Waals surface area contributed by atoms with Crippen molar-refractivity contribution in [2.24, 2.45) is 0 Å². The molecule has 3 aromatic rings. The standard InChI is InChI=1S/C22H25N3O2/c1-4-5-14-23-20-15-21(26)25(19-12-8-17(3)9-13-19)22(27)24(20)18-10-6-16(2)7-11-18/h6-13,15,23H,4-5,14H2,1-3H3.